The van der Waals surface area contributed by atoms with Crippen molar-refractivity contribution in [2.24, 2.45) is 10.2 Å². The fourth-order valence-corrected chi connectivity index (χ4v) is 2.38. The van der Waals surface area contributed by atoms with Crippen molar-refractivity contribution in [3.05, 3.63) is 50.8 Å². The van der Waals surface area contributed by atoms with Crippen LogP contribution in [0.3, 0.4) is 0 Å². The molecule has 1 saturated heterocycles. The monoisotopic (exact) mass is 364 g/mol. The lowest BCUT2D eigenvalue weighted by molar-refractivity contribution is -0.277. The summed E-state index contributed by atoms with van der Waals surface area (Å²) in [5, 5.41) is 46.0. The fourth-order valence-electron chi connectivity index (χ4n) is 2.38. The SMILES string of the molecule is O=c1cc(N=Nc2ccc(O[C@@H]3OC(CO)C(O)[C@H](O)C3O)cc2)c1=O. The zero-order valence-electron chi connectivity index (χ0n) is 13.3. The third kappa shape index (κ3) is 3.54. The summed E-state index contributed by atoms with van der Waals surface area (Å²) in [4.78, 5) is 21.9. The average molecular weight is 364 g/mol. The first kappa shape index (κ1) is 18.3. The van der Waals surface area contributed by atoms with Gasteiger partial charge in [-0.2, -0.15) is 5.11 Å². The highest BCUT2D eigenvalue weighted by Crippen LogP contribution is 2.26. The van der Waals surface area contributed by atoms with Crippen molar-refractivity contribution in [3.63, 3.8) is 0 Å². The number of nitrogens with zero attached hydrogens (tertiary/aromatic N) is 2. The predicted octanol–water partition coefficient (Wildman–Crippen LogP) is -1.12. The largest absolute Gasteiger partial charge is 0.462 e. The van der Waals surface area contributed by atoms with Gasteiger partial charge in [0, 0.05) is 6.07 Å². The van der Waals surface area contributed by atoms with E-state index in [1.54, 1.807) is 0 Å². The number of benzene rings is 1. The maximum atomic E-state index is 11.1. The van der Waals surface area contributed by atoms with Crippen LogP contribution in [-0.2, 0) is 4.74 Å². The quantitative estimate of drug-likeness (QED) is 0.383. The number of ether oxygens (including phenoxy) is 2. The molecule has 1 aliphatic heterocycles. The van der Waals surface area contributed by atoms with Crippen molar-refractivity contribution in [2.45, 2.75) is 30.7 Å². The normalized spacial score (nSPS) is 29.3. The van der Waals surface area contributed by atoms with E-state index in [0.29, 0.717) is 5.69 Å². The van der Waals surface area contributed by atoms with E-state index in [-0.39, 0.29) is 11.4 Å². The van der Waals surface area contributed by atoms with Crippen molar-refractivity contribution < 1.29 is 29.9 Å². The number of hydrogen-bond acceptors (Lipinski definition) is 10. The Balaban J connectivity index is 1.65. The van der Waals surface area contributed by atoms with Crippen LogP contribution < -0.4 is 15.6 Å². The molecule has 138 valence electrons. The van der Waals surface area contributed by atoms with Crippen LogP contribution in [0.2, 0.25) is 0 Å². The van der Waals surface area contributed by atoms with Gasteiger partial charge in [0.2, 0.25) is 11.7 Å². The fraction of sp³-hybridized carbons (Fsp3) is 0.375. The van der Waals surface area contributed by atoms with Crippen LogP contribution >= 0.6 is 0 Å². The minimum atomic E-state index is -1.53. The smallest absolute Gasteiger partial charge is 0.253 e. The Labute approximate surface area is 146 Å². The highest BCUT2D eigenvalue weighted by molar-refractivity contribution is 5.44. The second-order valence-corrected chi connectivity index (χ2v) is 5.73. The third-order valence-electron chi connectivity index (χ3n) is 3.93. The first-order valence-electron chi connectivity index (χ1n) is 7.70. The van der Waals surface area contributed by atoms with Crippen LogP contribution in [0.25, 0.3) is 0 Å². The van der Waals surface area contributed by atoms with Crippen molar-refractivity contribution in [3.8, 4) is 5.75 Å². The predicted molar refractivity (Wildman–Crippen MR) is 86.4 cm³/mol. The van der Waals surface area contributed by atoms with E-state index < -0.39 is 48.2 Å². The Kier molecular flexibility index (Phi) is 5.20. The molecule has 0 bridgehead atoms. The van der Waals surface area contributed by atoms with Crippen molar-refractivity contribution in [1.82, 2.24) is 0 Å². The summed E-state index contributed by atoms with van der Waals surface area (Å²) in [6.45, 7) is -0.554. The molecule has 1 aliphatic rings. The van der Waals surface area contributed by atoms with Gasteiger partial charge in [0.1, 0.15) is 35.9 Å². The maximum Gasteiger partial charge on any atom is 0.253 e. The van der Waals surface area contributed by atoms with Crippen molar-refractivity contribution >= 4 is 11.4 Å². The molecule has 0 aliphatic carbocycles. The standard InChI is InChI=1S/C16H16N2O8/c19-6-11-13(22)14(23)15(24)16(26-11)25-8-3-1-7(2-4-8)17-18-9-5-10(20)12(9)21/h1-5,11,13-16,19,22-24H,6H2/t11?,13?,14-,15?,16+/m0/s1. The molecule has 4 N–H and O–H groups in total. The summed E-state index contributed by atoms with van der Waals surface area (Å²) in [7, 11) is 0. The first-order valence-corrected chi connectivity index (χ1v) is 7.70. The van der Waals surface area contributed by atoms with Gasteiger partial charge in [-0.1, -0.05) is 0 Å². The summed E-state index contributed by atoms with van der Waals surface area (Å²) >= 11 is 0. The number of hydrogen-bond donors (Lipinski definition) is 4. The molecule has 2 aromatic carbocycles. The van der Waals surface area contributed by atoms with Crippen LogP contribution in [0.4, 0.5) is 11.4 Å². The highest BCUT2D eigenvalue weighted by atomic mass is 16.7. The molecule has 10 heteroatoms. The molecule has 26 heavy (non-hydrogen) atoms. The molecule has 3 unspecified atom stereocenters. The van der Waals surface area contributed by atoms with Gasteiger partial charge in [-0.25, -0.2) is 0 Å². The van der Waals surface area contributed by atoms with Crippen molar-refractivity contribution in [1.29, 1.82) is 0 Å². The lowest BCUT2D eigenvalue weighted by Crippen LogP contribution is -2.60. The molecule has 0 spiro atoms. The zero-order chi connectivity index (χ0) is 18.8. The zero-order valence-corrected chi connectivity index (χ0v) is 13.3. The van der Waals surface area contributed by atoms with Gasteiger partial charge in [-0.05, 0) is 24.3 Å². The van der Waals surface area contributed by atoms with E-state index in [1.807, 2.05) is 0 Å². The van der Waals surface area contributed by atoms with Gasteiger partial charge in [0.25, 0.3) is 5.43 Å². The summed E-state index contributed by atoms with van der Waals surface area (Å²) in [5.41, 5.74) is -0.922. The van der Waals surface area contributed by atoms with E-state index >= 15 is 0 Å². The molecule has 0 amide bonds. The molecule has 10 nitrogen and oxygen atoms in total. The molecule has 0 saturated carbocycles. The molecule has 1 heterocycles. The van der Waals surface area contributed by atoms with E-state index in [9.17, 15) is 24.9 Å². The minimum absolute atomic E-state index is 0.0170. The van der Waals surface area contributed by atoms with Gasteiger partial charge in [0.15, 0.2) is 0 Å². The van der Waals surface area contributed by atoms with Gasteiger partial charge >= 0.3 is 0 Å². The Hall–Kier alpha value is -2.50. The molecular formula is C16H16N2O8. The lowest BCUT2D eigenvalue weighted by Gasteiger charge is -2.39. The van der Waals surface area contributed by atoms with Crippen LogP contribution in [0.15, 0.2) is 50.1 Å². The molecule has 0 radical (unpaired) electrons. The third-order valence-corrected chi connectivity index (χ3v) is 3.93. The molecule has 3 rings (SSSR count). The molecule has 2 aromatic rings. The minimum Gasteiger partial charge on any atom is -0.462 e. The summed E-state index contributed by atoms with van der Waals surface area (Å²) in [5.74, 6) is 0.266. The number of aliphatic hydroxyl groups is 4. The molecule has 0 aromatic heterocycles. The van der Waals surface area contributed by atoms with E-state index in [0.717, 1.165) is 6.07 Å². The Bertz CT molecular complexity index is 856. The topological polar surface area (TPSA) is 158 Å². The van der Waals surface area contributed by atoms with Gasteiger partial charge in [0.05, 0.1) is 12.3 Å². The summed E-state index contributed by atoms with van der Waals surface area (Å²) in [6, 6.07) is 7.07. The Morgan fingerprint density at radius 3 is 2.27 bits per heavy atom. The van der Waals surface area contributed by atoms with Gasteiger partial charge < -0.3 is 29.9 Å². The van der Waals surface area contributed by atoms with Crippen LogP contribution in [0.1, 0.15) is 0 Å². The second kappa shape index (κ2) is 7.40. The first-order chi connectivity index (χ1) is 12.4. The van der Waals surface area contributed by atoms with Crippen molar-refractivity contribution in [2.75, 3.05) is 6.61 Å². The molecular weight excluding hydrogens is 348 g/mol. The van der Waals surface area contributed by atoms with Crippen LogP contribution in [0.5, 0.6) is 5.75 Å². The number of aliphatic hydroxyl groups excluding tert-OH is 4. The van der Waals surface area contributed by atoms with Gasteiger partial charge in [-0.15, -0.1) is 5.11 Å². The average Bonchev–Trinajstić information content (AvgIpc) is 2.66. The Morgan fingerprint density at radius 2 is 1.69 bits per heavy atom. The van der Waals surface area contributed by atoms with Crippen LogP contribution in [-0.4, -0.2) is 57.7 Å². The molecule has 1 fully saturated rings. The second-order valence-electron chi connectivity index (χ2n) is 5.73. The number of azo groups is 1. The maximum absolute atomic E-state index is 11.1. The van der Waals surface area contributed by atoms with Gasteiger partial charge in [-0.3, -0.25) is 9.59 Å². The summed E-state index contributed by atoms with van der Waals surface area (Å²) in [6.07, 6.45) is -6.87. The lowest BCUT2D eigenvalue weighted by atomic mass is 9.99. The van der Waals surface area contributed by atoms with E-state index in [2.05, 4.69) is 10.2 Å². The van der Waals surface area contributed by atoms with Crippen LogP contribution in [0, 0.1) is 0 Å². The van der Waals surface area contributed by atoms with E-state index in [1.165, 1.54) is 24.3 Å². The Morgan fingerprint density at radius 1 is 1.00 bits per heavy atom. The summed E-state index contributed by atoms with van der Waals surface area (Å²) < 4.78 is 10.7. The number of rotatable bonds is 5. The molecule has 5 atom stereocenters. The van der Waals surface area contributed by atoms with E-state index in [4.69, 9.17) is 14.6 Å². The highest BCUT2D eigenvalue weighted by Gasteiger charge is 2.44.